The highest BCUT2D eigenvalue weighted by atomic mass is 79.9. The Balaban J connectivity index is 1.54. The molecule has 2 amide bonds. The molecule has 0 bridgehead atoms. The molecule has 1 aliphatic heterocycles. The van der Waals surface area contributed by atoms with Gasteiger partial charge in [-0.15, -0.1) is 0 Å². The molecule has 2 N–H and O–H groups in total. The zero-order valence-corrected chi connectivity index (χ0v) is 18.3. The molecule has 1 atom stereocenters. The van der Waals surface area contributed by atoms with Crippen LogP contribution in [0.25, 0.3) is 0 Å². The number of carbonyl (C=O) groups excluding carboxylic acids is 2. The van der Waals surface area contributed by atoms with Crippen molar-refractivity contribution in [3.63, 3.8) is 0 Å². The summed E-state index contributed by atoms with van der Waals surface area (Å²) in [5.74, 6) is 0.316. The molecule has 2 aromatic carbocycles. The van der Waals surface area contributed by atoms with Gasteiger partial charge in [-0.05, 0) is 55.6 Å². The Morgan fingerprint density at radius 3 is 2.48 bits per heavy atom. The van der Waals surface area contributed by atoms with Crippen LogP contribution in [0, 0.1) is 5.92 Å². The van der Waals surface area contributed by atoms with E-state index < -0.39 is 0 Å². The molecule has 29 heavy (non-hydrogen) atoms. The Labute approximate surface area is 181 Å². The molecule has 0 aliphatic carbocycles. The maximum absolute atomic E-state index is 12.4. The van der Waals surface area contributed by atoms with E-state index in [-0.39, 0.29) is 24.4 Å². The van der Waals surface area contributed by atoms with Crippen molar-refractivity contribution in [1.82, 2.24) is 15.5 Å². The number of likely N-dealkylation sites (tertiary alicyclic amines) is 1. The fraction of sp³-hybridized carbons (Fsp3) is 0.391. The summed E-state index contributed by atoms with van der Waals surface area (Å²) < 4.78 is 0.830. The molecule has 3 rings (SSSR count). The van der Waals surface area contributed by atoms with Crippen LogP contribution in [0.4, 0.5) is 0 Å². The average Bonchev–Trinajstić information content (AvgIpc) is 2.74. The molecule has 1 saturated heterocycles. The largest absolute Gasteiger partial charge is 0.353 e. The van der Waals surface area contributed by atoms with Gasteiger partial charge in [-0.1, -0.05) is 59.3 Å². The Kier molecular flexibility index (Phi) is 7.83. The van der Waals surface area contributed by atoms with Gasteiger partial charge in [0, 0.05) is 16.6 Å². The second kappa shape index (κ2) is 10.6. The summed E-state index contributed by atoms with van der Waals surface area (Å²) in [4.78, 5) is 27.0. The number of nitrogens with one attached hydrogen (secondary N) is 2. The molecule has 2 aromatic rings. The molecular weight excluding hydrogens is 430 g/mol. The van der Waals surface area contributed by atoms with Crippen LogP contribution < -0.4 is 10.6 Å². The minimum Gasteiger partial charge on any atom is -0.353 e. The normalized spacial score (nSPS) is 16.2. The van der Waals surface area contributed by atoms with Gasteiger partial charge < -0.3 is 10.6 Å². The number of amides is 2. The molecule has 6 heteroatoms. The van der Waals surface area contributed by atoms with Gasteiger partial charge in [-0.25, -0.2) is 0 Å². The van der Waals surface area contributed by atoms with Crippen molar-refractivity contribution in [3.05, 3.63) is 70.2 Å². The maximum Gasteiger partial charge on any atom is 0.251 e. The zero-order chi connectivity index (χ0) is 20.6. The number of carbonyl (C=O) groups is 2. The summed E-state index contributed by atoms with van der Waals surface area (Å²) in [7, 11) is 0. The van der Waals surface area contributed by atoms with E-state index in [0.717, 1.165) is 23.5 Å². The van der Waals surface area contributed by atoms with Crippen molar-refractivity contribution in [1.29, 1.82) is 0 Å². The summed E-state index contributed by atoms with van der Waals surface area (Å²) in [6.45, 7) is 4.87. The van der Waals surface area contributed by atoms with E-state index in [2.05, 4.69) is 50.5 Å². The second-order valence-corrected chi connectivity index (χ2v) is 8.56. The van der Waals surface area contributed by atoms with E-state index in [1.54, 1.807) is 18.2 Å². The first-order valence-corrected chi connectivity index (χ1v) is 10.9. The van der Waals surface area contributed by atoms with E-state index in [4.69, 9.17) is 0 Å². The first-order chi connectivity index (χ1) is 14.0. The van der Waals surface area contributed by atoms with Gasteiger partial charge in [0.1, 0.15) is 0 Å². The van der Waals surface area contributed by atoms with Gasteiger partial charge in [-0.3, -0.25) is 14.5 Å². The van der Waals surface area contributed by atoms with Gasteiger partial charge in [0.15, 0.2) is 0 Å². The highest BCUT2D eigenvalue weighted by molar-refractivity contribution is 9.10. The standard InChI is InChI=1S/C23H28BrN3O2/c1-17-10-12-27(13-11-17)21(18-6-3-2-4-7-18)15-25-22(28)16-26-23(29)19-8-5-9-20(24)14-19/h2-9,14,17,21H,10-13,15-16H2,1H3,(H,25,28)(H,26,29). The first kappa shape index (κ1) is 21.5. The monoisotopic (exact) mass is 457 g/mol. The predicted molar refractivity (Wildman–Crippen MR) is 119 cm³/mol. The topological polar surface area (TPSA) is 61.4 Å². The molecule has 0 spiro atoms. The number of hydrogen-bond donors (Lipinski definition) is 2. The molecule has 5 nitrogen and oxygen atoms in total. The van der Waals surface area contributed by atoms with Crippen LogP contribution in [0.3, 0.4) is 0 Å². The van der Waals surface area contributed by atoms with Crippen molar-refractivity contribution >= 4 is 27.7 Å². The summed E-state index contributed by atoms with van der Waals surface area (Å²) in [5.41, 5.74) is 1.73. The Bertz CT molecular complexity index is 820. The molecule has 1 fully saturated rings. The van der Waals surface area contributed by atoms with E-state index in [1.807, 2.05) is 24.3 Å². The zero-order valence-electron chi connectivity index (χ0n) is 16.7. The van der Waals surface area contributed by atoms with Crippen LogP contribution in [-0.2, 0) is 4.79 Å². The minimum absolute atomic E-state index is 0.0378. The molecule has 0 saturated carbocycles. The van der Waals surface area contributed by atoms with Gasteiger partial charge in [0.05, 0.1) is 12.6 Å². The van der Waals surface area contributed by atoms with Crippen molar-refractivity contribution in [2.24, 2.45) is 5.92 Å². The molecular formula is C23H28BrN3O2. The van der Waals surface area contributed by atoms with Crippen LogP contribution in [0.15, 0.2) is 59.1 Å². The van der Waals surface area contributed by atoms with Gasteiger partial charge >= 0.3 is 0 Å². The summed E-state index contributed by atoms with van der Waals surface area (Å²) >= 11 is 3.35. The molecule has 1 aliphatic rings. The third kappa shape index (κ3) is 6.41. The first-order valence-electron chi connectivity index (χ1n) is 10.1. The van der Waals surface area contributed by atoms with E-state index >= 15 is 0 Å². The van der Waals surface area contributed by atoms with Crippen LogP contribution >= 0.6 is 15.9 Å². The molecule has 1 unspecified atom stereocenters. The average molecular weight is 458 g/mol. The smallest absolute Gasteiger partial charge is 0.251 e. The minimum atomic E-state index is -0.258. The van der Waals surface area contributed by atoms with Crippen LogP contribution in [0.2, 0.25) is 0 Å². The lowest BCUT2D eigenvalue weighted by Crippen LogP contribution is -2.44. The third-order valence-corrected chi connectivity index (χ3v) is 5.93. The Morgan fingerprint density at radius 2 is 1.79 bits per heavy atom. The van der Waals surface area contributed by atoms with Crippen LogP contribution in [0.1, 0.15) is 41.7 Å². The van der Waals surface area contributed by atoms with Gasteiger partial charge in [0.2, 0.25) is 5.91 Å². The SMILES string of the molecule is CC1CCN(C(CNC(=O)CNC(=O)c2cccc(Br)c2)c2ccccc2)CC1. The van der Waals surface area contributed by atoms with Crippen LogP contribution in [0.5, 0.6) is 0 Å². The Hall–Kier alpha value is -2.18. The fourth-order valence-corrected chi connectivity index (χ4v) is 4.04. The number of hydrogen-bond acceptors (Lipinski definition) is 3. The summed E-state index contributed by atoms with van der Waals surface area (Å²) in [6.07, 6.45) is 2.36. The van der Waals surface area contributed by atoms with Gasteiger partial charge in [-0.2, -0.15) is 0 Å². The number of benzene rings is 2. The van der Waals surface area contributed by atoms with E-state index in [1.165, 1.54) is 18.4 Å². The maximum atomic E-state index is 12.4. The summed E-state index contributed by atoms with van der Waals surface area (Å²) in [5, 5.41) is 5.69. The number of rotatable bonds is 7. The predicted octanol–water partition coefficient (Wildman–Crippen LogP) is 3.77. The lowest BCUT2D eigenvalue weighted by Gasteiger charge is -2.37. The number of piperidine rings is 1. The highest BCUT2D eigenvalue weighted by Gasteiger charge is 2.25. The van der Waals surface area contributed by atoms with Crippen molar-refractivity contribution in [3.8, 4) is 0 Å². The quantitative estimate of drug-likeness (QED) is 0.664. The fourth-order valence-electron chi connectivity index (χ4n) is 3.64. The number of nitrogens with zero attached hydrogens (tertiary/aromatic N) is 1. The van der Waals surface area contributed by atoms with Crippen molar-refractivity contribution in [2.45, 2.75) is 25.8 Å². The molecule has 0 radical (unpaired) electrons. The third-order valence-electron chi connectivity index (χ3n) is 5.43. The molecule has 154 valence electrons. The van der Waals surface area contributed by atoms with E-state index in [0.29, 0.717) is 12.1 Å². The van der Waals surface area contributed by atoms with Crippen molar-refractivity contribution < 1.29 is 9.59 Å². The molecule has 1 heterocycles. The van der Waals surface area contributed by atoms with Crippen LogP contribution in [-0.4, -0.2) is 42.9 Å². The Morgan fingerprint density at radius 1 is 1.07 bits per heavy atom. The highest BCUT2D eigenvalue weighted by Crippen LogP contribution is 2.26. The van der Waals surface area contributed by atoms with Crippen molar-refractivity contribution in [2.75, 3.05) is 26.2 Å². The summed E-state index contributed by atoms with van der Waals surface area (Å²) in [6, 6.07) is 17.6. The lowest BCUT2D eigenvalue weighted by atomic mass is 9.95. The lowest BCUT2D eigenvalue weighted by molar-refractivity contribution is -0.120. The number of halogens is 1. The van der Waals surface area contributed by atoms with Gasteiger partial charge in [0.25, 0.3) is 5.91 Å². The second-order valence-electron chi connectivity index (χ2n) is 7.64. The molecule has 0 aromatic heterocycles. The van der Waals surface area contributed by atoms with E-state index in [9.17, 15) is 9.59 Å².